The molecule has 16 heavy (non-hydrogen) atoms. The van der Waals surface area contributed by atoms with Crippen LogP contribution < -0.4 is 0 Å². The van der Waals surface area contributed by atoms with Gasteiger partial charge in [0.2, 0.25) is 5.91 Å². The first kappa shape index (κ1) is 13.5. The minimum Gasteiger partial charge on any atom is -0.391 e. The lowest BCUT2D eigenvalue weighted by Gasteiger charge is -2.41. The Balaban J connectivity index is 2.55. The van der Waals surface area contributed by atoms with Gasteiger partial charge in [0, 0.05) is 19.5 Å². The molecule has 1 saturated heterocycles. The summed E-state index contributed by atoms with van der Waals surface area (Å²) in [6.45, 7) is 11.6. The van der Waals surface area contributed by atoms with Crippen LogP contribution in [0.25, 0.3) is 0 Å². The predicted octanol–water partition coefficient (Wildman–Crippen LogP) is 2.04. The van der Waals surface area contributed by atoms with Gasteiger partial charge in [0.05, 0.1) is 6.10 Å². The minimum atomic E-state index is -0.398. The van der Waals surface area contributed by atoms with E-state index in [9.17, 15) is 9.90 Å². The number of piperidine rings is 1. The van der Waals surface area contributed by atoms with Gasteiger partial charge in [-0.05, 0) is 17.3 Å². The van der Waals surface area contributed by atoms with Gasteiger partial charge in [-0.2, -0.15) is 0 Å². The molecule has 1 fully saturated rings. The molecule has 0 aromatic heterocycles. The third-order valence-corrected chi connectivity index (χ3v) is 3.36. The van der Waals surface area contributed by atoms with Crippen molar-refractivity contribution in [2.75, 3.05) is 13.1 Å². The first-order valence-corrected chi connectivity index (χ1v) is 6.08. The Morgan fingerprint density at radius 3 is 2.44 bits per heavy atom. The highest BCUT2D eigenvalue weighted by atomic mass is 16.3. The zero-order valence-electron chi connectivity index (χ0n) is 11.2. The van der Waals surface area contributed by atoms with Crippen LogP contribution >= 0.6 is 0 Å². The topological polar surface area (TPSA) is 40.5 Å². The van der Waals surface area contributed by atoms with Crippen molar-refractivity contribution in [2.45, 2.75) is 53.6 Å². The zero-order valence-corrected chi connectivity index (χ0v) is 11.2. The molecule has 1 aliphatic heterocycles. The molecule has 1 unspecified atom stereocenters. The summed E-state index contributed by atoms with van der Waals surface area (Å²) in [6.07, 6.45) is 1.04. The quantitative estimate of drug-likeness (QED) is 0.744. The maximum atomic E-state index is 12.0. The Morgan fingerprint density at radius 2 is 2.00 bits per heavy atom. The number of carbonyl (C=O) groups is 1. The first-order valence-electron chi connectivity index (χ1n) is 6.08. The summed E-state index contributed by atoms with van der Waals surface area (Å²) in [4.78, 5) is 13.8. The van der Waals surface area contributed by atoms with E-state index >= 15 is 0 Å². The SMILES string of the molecule is CC(C)(C)CC(=O)N1CCC(C)(C)C(O)C1. The highest BCUT2D eigenvalue weighted by molar-refractivity contribution is 5.77. The summed E-state index contributed by atoms with van der Waals surface area (Å²) < 4.78 is 0. The second-order valence-electron chi connectivity index (χ2n) is 6.83. The zero-order chi connectivity index (χ0) is 12.6. The Labute approximate surface area is 98.8 Å². The Hall–Kier alpha value is -0.570. The molecular weight excluding hydrogens is 202 g/mol. The third-order valence-electron chi connectivity index (χ3n) is 3.36. The molecule has 1 rings (SSSR count). The van der Waals surface area contributed by atoms with E-state index in [2.05, 4.69) is 34.6 Å². The maximum absolute atomic E-state index is 12.0. The molecule has 3 nitrogen and oxygen atoms in total. The van der Waals surface area contributed by atoms with Crippen molar-refractivity contribution in [3.63, 3.8) is 0 Å². The van der Waals surface area contributed by atoms with Gasteiger partial charge in [0.25, 0.3) is 0 Å². The Bertz CT molecular complexity index is 266. The van der Waals surface area contributed by atoms with Crippen molar-refractivity contribution in [1.82, 2.24) is 4.90 Å². The fourth-order valence-corrected chi connectivity index (χ4v) is 1.93. The molecule has 0 saturated carbocycles. The number of aliphatic hydroxyl groups is 1. The van der Waals surface area contributed by atoms with E-state index in [0.29, 0.717) is 13.0 Å². The van der Waals surface area contributed by atoms with Crippen LogP contribution in [0, 0.1) is 10.8 Å². The average Bonchev–Trinajstić information content (AvgIpc) is 2.06. The van der Waals surface area contributed by atoms with Gasteiger partial charge in [-0.3, -0.25) is 4.79 Å². The van der Waals surface area contributed by atoms with Crippen LogP contribution in [0.5, 0.6) is 0 Å². The maximum Gasteiger partial charge on any atom is 0.223 e. The average molecular weight is 227 g/mol. The molecule has 0 aromatic rings. The molecule has 1 atom stereocenters. The van der Waals surface area contributed by atoms with Gasteiger partial charge in [-0.15, -0.1) is 0 Å². The van der Waals surface area contributed by atoms with Crippen LogP contribution in [-0.4, -0.2) is 35.1 Å². The van der Waals surface area contributed by atoms with Crippen LogP contribution in [0.2, 0.25) is 0 Å². The van der Waals surface area contributed by atoms with E-state index in [-0.39, 0.29) is 16.7 Å². The largest absolute Gasteiger partial charge is 0.391 e. The lowest BCUT2D eigenvalue weighted by molar-refractivity contribution is -0.139. The lowest BCUT2D eigenvalue weighted by atomic mass is 9.79. The van der Waals surface area contributed by atoms with Gasteiger partial charge >= 0.3 is 0 Å². The number of β-amino-alcohol motifs (C(OH)–C–C–N with tert-alkyl or cyclic N) is 1. The predicted molar refractivity (Wildman–Crippen MR) is 65.1 cm³/mol. The lowest BCUT2D eigenvalue weighted by Crippen LogP contribution is -2.50. The van der Waals surface area contributed by atoms with Crippen molar-refractivity contribution >= 4 is 5.91 Å². The number of aliphatic hydroxyl groups excluding tert-OH is 1. The molecule has 0 bridgehead atoms. The Kier molecular flexibility index (Phi) is 3.68. The number of hydrogen-bond acceptors (Lipinski definition) is 2. The normalized spacial score (nSPS) is 25.6. The Morgan fingerprint density at radius 1 is 1.44 bits per heavy atom. The second kappa shape index (κ2) is 4.36. The van der Waals surface area contributed by atoms with Crippen molar-refractivity contribution < 1.29 is 9.90 Å². The molecule has 1 aliphatic rings. The highest BCUT2D eigenvalue weighted by Crippen LogP contribution is 2.31. The summed E-state index contributed by atoms with van der Waals surface area (Å²) in [5.41, 5.74) is -0.0342. The van der Waals surface area contributed by atoms with Crippen LogP contribution in [-0.2, 0) is 4.79 Å². The van der Waals surface area contributed by atoms with E-state index in [0.717, 1.165) is 13.0 Å². The van der Waals surface area contributed by atoms with Crippen LogP contribution in [0.4, 0.5) is 0 Å². The summed E-state index contributed by atoms with van der Waals surface area (Å²) >= 11 is 0. The summed E-state index contributed by atoms with van der Waals surface area (Å²) in [5, 5.41) is 9.96. The van der Waals surface area contributed by atoms with Crippen molar-refractivity contribution in [3.8, 4) is 0 Å². The van der Waals surface area contributed by atoms with Gasteiger partial charge in [0.15, 0.2) is 0 Å². The van der Waals surface area contributed by atoms with Crippen molar-refractivity contribution in [1.29, 1.82) is 0 Å². The highest BCUT2D eigenvalue weighted by Gasteiger charge is 2.36. The minimum absolute atomic E-state index is 0.0228. The fourth-order valence-electron chi connectivity index (χ4n) is 1.93. The fraction of sp³-hybridized carbons (Fsp3) is 0.923. The molecule has 94 valence electrons. The smallest absolute Gasteiger partial charge is 0.223 e. The van der Waals surface area contributed by atoms with E-state index in [1.165, 1.54) is 0 Å². The molecule has 0 aliphatic carbocycles. The third kappa shape index (κ3) is 3.48. The molecule has 3 heteroatoms. The molecule has 1 heterocycles. The van der Waals surface area contributed by atoms with Crippen molar-refractivity contribution in [2.24, 2.45) is 10.8 Å². The molecule has 0 spiro atoms. The molecule has 0 radical (unpaired) electrons. The van der Waals surface area contributed by atoms with Gasteiger partial charge < -0.3 is 10.0 Å². The number of likely N-dealkylation sites (tertiary alicyclic amines) is 1. The van der Waals surface area contributed by atoms with Crippen LogP contribution in [0.1, 0.15) is 47.5 Å². The molecular formula is C13H25NO2. The number of rotatable bonds is 1. The number of amides is 1. The summed E-state index contributed by atoms with van der Waals surface area (Å²) in [6, 6.07) is 0. The standard InChI is InChI=1S/C13H25NO2/c1-12(2,3)8-11(16)14-7-6-13(4,5)10(15)9-14/h10,15H,6-9H2,1-5H3. The number of nitrogens with zero attached hydrogens (tertiary/aromatic N) is 1. The van der Waals surface area contributed by atoms with Gasteiger partial charge in [0.1, 0.15) is 0 Å². The number of hydrogen-bond donors (Lipinski definition) is 1. The van der Waals surface area contributed by atoms with E-state index in [1.807, 2.05) is 0 Å². The monoisotopic (exact) mass is 227 g/mol. The summed E-state index contributed by atoms with van der Waals surface area (Å²) in [7, 11) is 0. The van der Waals surface area contributed by atoms with E-state index in [4.69, 9.17) is 0 Å². The van der Waals surface area contributed by atoms with E-state index in [1.54, 1.807) is 4.90 Å². The molecule has 1 N–H and O–H groups in total. The van der Waals surface area contributed by atoms with Gasteiger partial charge in [-0.25, -0.2) is 0 Å². The second-order valence-corrected chi connectivity index (χ2v) is 6.83. The van der Waals surface area contributed by atoms with Crippen molar-refractivity contribution in [3.05, 3.63) is 0 Å². The molecule has 0 aromatic carbocycles. The van der Waals surface area contributed by atoms with Gasteiger partial charge in [-0.1, -0.05) is 34.6 Å². The summed E-state index contributed by atoms with van der Waals surface area (Å²) in [5.74, 6) is 0.169. The first-order chi connectivity index (χ1) is 7.12. The molecule has 1 amide bonds. The van der Waals surface area contributed by atoms with E-state index < -0.39 is 6.10 Å². The van der Waals surface area contributed by atoms with Crippen LogP contribution in [0.15, 0.2) is 0 Å². The van der Waals surface area contributed by atoms with Crippen LogP contribution in [0.3, 0.4) is 0 Å². The number of carbonyl (C=O) groups excluding carboxylic acids is 1.